The summed E-state index contributed by atoms with van der Waals surface area (Å²) in [6, 6.07) is 0. The molecule has 128 valence electrons. The maximum Gasteiger partial charge on any atom is 0.227 e. The Morgan fingerprint density at radius 1 is 1.35 bits per heavy atom. The number of methoxy groups -OCH3 is 1. The van der Waals surface area contributed by atoms with Crippen LogP contribution in [0, 0.1) is 23.7 Å². The molecule has 1 amide bonds. The lowest BCUT2D eigenvalue weighted by Gasteiger charge is -2.36. The Hall–Kier alpha value is -0.780. The highest BCUT2D eigenvalue weighted by atomic mass is 127. The molecule has 2 aliphatic rings. The molecule has 1 saturated carbocycles. The molecule has 4 heteroatoms. The molecule has 23 heavy (non-hydrogen) atoms. The van der Waals surface area contributed by atoms with E-state index in [0.29, 0.717) is 17.8 Å². The highest BCUT2D eigenvalue weighted by Crippen LogP contribution is 2.38. The second-order valence-electron chi connectivity index (χ2n) is 7.15. The standard InChI is InChI=1S/C19H28INO2/c1-12(2)17-8-5-13(3)9-18(17)19(22)21-15-6-7-16(23-4)11-14(20)10-15/h6-7,11-13,17-18H,5,8-10H2,1-4H3,(H,21,22)/t13?,17-,18?/m0/s1. The maximum atomic E-state index is 12.9. The van der Waals surface area contributed by atoms with Gasteiger partial charge in [0.1, 0.15) is 5.76 Å². The monoisotopic (exact) mass is 429 g/mol. The zero-order valence-corrected chi connectivity index (χ0v) is 16.7. The Morgan fingerprint density at radius 2 is 2.09 bits per heavy atom. The molecule has 2 rings (SSSR count). The van der Waals surface area contributed by atoms with E-state index in [2.05, 4.69) is 48.7 Å². The van der Waals surface area contributed by atoms with Crippen molar-refractivity contribution in [2.45, 2.75) is 46.5 Å². The molecular formula is C19H28INO2. The van der Waals surface area contributed by atoms with E-state index in [4.69, 9.17) is 4.74 Å². The molecule has 0 aliphatic heterocycles. The maximum absolute atomic E-state index is 12.9. The van der Waals surface area contributed by atoms with Gasteiger partial charge in [-0.1, -0.05) is 27.2 Å². The van der Waals surface area contributed by atoms with Crippen LogP contribution in [0.15, 0.2) is 33.3 Å². The van der Waals surface area contributed by atoms with Gasteiger partial charge in [0.15, 0.2) is 0 Å². The molecule has 0 aromatic carbocycles. The molecule has 0 aromatic rings. The van der Waals surface area contributed by atoms with Gasteiger partial charge in [-0.25, -0.2) is 0 Å². The summed E-state index contributed by atoms with van der Waals surface area (Å²) < 4.78 is 6.46. The van der Waals surface area contributed by atoms with Crippen LogP contribution >= 0.6 is 22.6 Å². The largest absolute Gasteiger partial charge is 0.497 e. The number of nitrogens with one attached hydrogen (secondary N) is 1. The smallest absolute Gasteiger partial charge is 0.227 e. The van der Waals surface area contributed by atoms with Crippen molar-refractivity contribution in [3.05, 3.63) is 33.3 Å². The highest BCUT2D eigenvalue weighted by molar-refractivity contribution is 14.1. The average Bonchev–Trinajstić information content (AvgIpc) is 2.67. The summed E-state index contributed by atoms with van der Waals surface area (Å²) in [4.78, 5) is 12.9. The minimum atomic E-state index is 0.135. The van der Waals surface area contributed by atoms with Gasteiger partial charge in [0.2, 0.25) is 5.91 Å². The topological polar surface area (TPSA) is 38.3 Å². The fraction of sp³-hybridized carbons (Fsp3) is 0.632. The van der Waals surface area contributed by atoms with Crippen LogP contribution in [0.25, 0.3) is 0 Å². The molecule has 0 saturated heterocycles. The van der Waals surface area contributed by atoms with Gasteiger partial charge in [-0.05, 0) is 71.4 Å². The minimum Gasteiger partial charge on any atom is -0.497 e. The van der Waals surface area contributed by atoms with Crippen molar-refractivity contribution < 1.29 is 9.53 Å². The van der Waals surface area contributed by atoms with Crippen molar-refractivity contribution in [3.63, 3.8) is 0 Å². The predicted octanol–water partition coefficient (Wildman–Crippen LogP) is 4.95. The van der Waals surface area contributed by atoms with E-state index in [1.807, 2.05) is 18.2 Å². The Balaban J connectivity index is 2.09. The van der Waals surface area contributed by atoms with Crippen LogP contribution in [0.3, 0.4) is 0 Å². The van der Waals surface area contributed by atoms with Crippen LogP contribution < -0.4 is 5.32 Å². The molecule has 0 heterocycles. The van der Waals surface area contributed by atoms with Gasteiger partial charge in [0, 0.05) is 21.6 Å². The van der Waals surface area contributed by atoms with E-state index in [1.54, 1.807) is 7.11 Å². The highest BCUT2D eigenvalue weighted by Gasteiger charge is 2.35. The first-order chi connectivity index (χ1) is 10.9. The molecule has 0 bridgehead atoms. The normalized spacial score (nSPS) is 28.4. The summed E-state index contributed by atoms with van der Waals surface area (Å²) >= 11 is 2.30. The van der Waals surface area contributed by atoms with Gasteiger partial charge in [-0.3, -0.25) is 4.79 Å². The van der Waals surface area contributed by atoms with E-state index in [9.17, 15) is 4.79 Å². The van der Waals surface area contributed by atoms with Crippen LogP contribution in [-0.4, -0.2) is 13.0 Å². The third kappa shape index (κ3) is 5.10. The van der Waals surface area contributed by atoms with Crippen molar-refractivity contribution in [2.75, 3.05) is 7.11 Å². The van der Waals surface area contributed by atoms with Gasteiger partial charge in [-0.2, -0.15) is 0 Å². The van der Waals surface area contributed by atoms with Crippen LogP contribution in [0.1, 0.15) is 46.5 Å². The van der Waals surface area contributed by atoms with Crippen LogP contribution in [0.4, 0.5) is 0 Å². The summed E-state index contributed by atoms with van der Waals surface area (Å²) in [7, 11) is 1.67. The molecule has 2 aliphatic carbocycles. The van der Waals surface area contributed by atoms with Crippen LogP contribution in [0.5, 0.6) is 0 Å². The number of carbonyl (C=O) groups excluding carboxylic acids is 1. The molecule has 0 spiro atoms. The molecule has 2 unspecified atom stereocenters. The molecule has 3 atom stereocenters. The zero-order chi connectivity index (χ0) is 17.0. The van der Waals surface area contributed by atoms with E-state index < -0.39 is 0 Å². The summed E-state index contributed by atoms with van der Waals surface area (Å²) in [5, 5.41) is 3.19. The molecular weight excluding hydrogens is 401 g/mol. The van der Waals surface area contributed by atoms with Crippen molar-refractivity contribution in [1.82, 2.24) is 5.32 Å². The van der Waals surface area contributed by atoms with Crippen molar-refractivity contribution in [2.24, 2.45) is 23.7 Å². The first-order valence-corrected chi connectivity index (χ1v) is 9.60. The van der Waals surface area contributed by atoms with E-state index >= 15 is 0 Å². The van der Waals surface area contributed by atoms with Gasteiger partial charge in [0.25, 0.3) is 0 Å². The quantitative estimate of drug-likeness (QED) is 0.643. The fourth-order valence-electron chi connectivity index (χ4n) is 3.64. The number of hydrogen-bond donors (Lipinski definition) is 1. The Labute approximate surface area is 153 Å². The van der Waals surface area contributed by atoms with Crippen molar-refractivity contribution >= 4 is 28.5 Å². The summed E-state index contributed by atoms with van der Waals surface area (Å²) in [5.41, 5.74) is 0.962. The number of amides is 1. The number of halogens is 1. The van der Waals surface area contributed by atoms with Crippen LogP contribution in [0.2, 0.25) is 0 Å². The lowest BCUT2D eigenvalue weighted by atomic mass is 9.70. The molecule has 1 N–H and O–H groups in total. The molecule has 1 fully saturated rings. The van der Waals surface area contributed by atoms with Crippen molar-refractivity contribution in [1.29, 1.82) is 0 Å². The lowest BCUT2D eigenvalue weighted by Crippen LogP contribution is -2.39. The Kier molecular flexibility index (Phi) is 6.74. The number of ether oxygens (including phenoxy) is 1. The van der Waals surface area contributed by atoms with E-state index in [1.165, 1.54) is 12.8 Å². The minimum absolute atomic E-state index is 0.135. The third-order valence-corrected chi connectivity index (χ3v) is 5.68. The number of rotatable bonds is 4. The second kappa shape index (κ2) is 8.36. The molecule has 0 aromatic heterocycles. The summed E-state index contributed by atoms with van der Waals surface area (Å²) in [6.07, 6.45) is 10.1. The molecule has 0 radical (unpaired) electrons. The number of hydrogen-bond acceptors (Lipinski definition) is 2. The first kappa shape index (κ1) is 18.6. The number of allylic oxidation sites excluding steroid dienone is 4. The van der Waals surface area contributed by atoms with E-state index in [0.717, 1.165) is 27.9 Å². The van der Waals surface area contributed by atoms with Gasteiger partial charge in [-0.15, -0.1) is 0 Å². The van der Waals surface area contributed by atoms with Gasteiger partial charge >= 0.3 is 0 Å². The number of carbonyl (C=O) groups is 1. The van der Waals surface area contributed by atoms with Gasteiger partial charge in [0.05, 0.1) is 7.11 Å². The van der Waals surface area contributed by atoms with Crippen molar-refractivity contribution in [3.8, 4) is 0 Å². The summed E-state index contributed by atoms with van der Waals surface area (Å²) in [5.74, 6) is 2.85. The Morgan fingerprint density at radius 3 is 2.74 bits per heavy atom. The van der Waals surface area contributed by atoms with Gasteiger partial charge < -0.3 is 10.1 Å². The zero-order valence-electron chi connectivity index (χ0n) is 14.6. The van der Waals surface area contributed by atoms with Crippen LogP contribution in [-0.2, 0) is 9.53 Å². The first-order valence-electron chi connectivity index (χ1n) is 8.52. The fourth-order valence-corrected chi connectivity index (χ4v) is 4.36. The predicted molar refractivity (Wildman–Crippen MR) is 103 cm³/mol. The average molecular weight is 429 g/mol. The SMILES string of the molecule is COC1=CC=C(NC(=O)C2CC(C)CC[C@H]2C(C)C)CC(I)=C1. The van der Waals surface area contributed by atoms with E-state index in [-0.39, 0.29) is 11.8 Å². The third-order valence-electron chi connectivity index (χ3n) is 4.99. The molecule has 3 nitrogen and oxygen atoms in total. The second-order valence-corrected chi connectivity index (χ2v) is 8.54. The summed E-state index contributed by atoms with van der Waals surface area (Å²) in [6.45, 7) is 6.75. The lowest BCUT2D eigenvalue weighted by molar-refractivity contribution is -0.128. The Bertz CT molecular complexity index is 533.